The number of nitrogens with zero attached hydrogens (tertiary/aromatic N) is 1. The summed E-state index contributed by atoms with van der Waals surface area (Å²) in [5.74, 6) is 0.104. The normalized spacial score (nSPS) is 18.8. The number of carbonyl (C=O) groups is 1. The smallest absolute Gasteiger partial charge is 0.225 e. The third-order valence-electron chi connectivity index (χ3n) is 3.50. The fourth-order valence-electron chi connectivity index (χ4n) is 2.23. The Labute approximate surface area is 125 Å². The standard InChI is InChI=1S/C15H24N2O2S/c1-15(2,3)14(18)16-11-12(13-5-4-10-20-13)17-6-8-19-9-7-17/h4-5,10,12H,6-9,11H2,1-3H3,(H,16,18)/t12-/m0/s1. The van der Waals surface area contributed by atoms with E-state index < -0.39 is 0 Å². The highest BCUT2D eigenvalue weighted by atomic mass is 32.1. The summed E-state index contributed by atoms with van der Waals surface area (Å²) in [6.45, 7) is 9.88. The molecule has 20 heavy (non-hydrogen) atoms. The van der Waals surface area contributed by atoms with Gasteiger partial charge in [0.05, 0.1) is 19.3 Å². The number of nitrogens with one attached hydrogen (secondary N) is 1. The van der Waals surface area contributed by atoms with E-state index in [-0.39, 0.29) is 17.4 Å². The van der Waals surface area contributed by atoms with Gasteiger partial charge in [0, 0.05) is 29.9 Å². The van der Waals surface area contributed by atoms with Crippen LogP contribution in [0.4, 0.5) is 0 Å². The number of carbonyl (C=O) groups excluding carboxylic acids is 1. The van der Waals surface area contributed by atoms with E-state index in [1.807, 2.05) is 20.8 Å². The van der Waals surface area contributed by atoms with E-state index in [9.17, 15) is 4.79 Å². The first-order valence-electron chi connectivity index (χ1n) is 7.12. The fraction of sp³-hybridized carbons (Fsp3) is 0.667. The predicted octanol–water partition coefficient (Wildman–Crippen LogP) is 2.28. The van der Waals surface area contributed by atoms with E-state index >= 15 is 0 Å². The summed E-state index contributed by atoms with van der Waals surface area (Å²) in [6, 6.07) is 4.47. The van der Waals surface area contributed by atoms with Gasteiger partial charge in [0.2, 0.25) is 5.91 Å². The van der Waals surface area contributed by atoms with Crippen LogP contribution in [0.5, 0.6) is 0 Å². The summed E-state index contributed by atoms with van der Waals surface area (Å²) in [7, 11) is 0. The van der Waals surface area contributed by atoms with Crippen LogP contribution in [-0.4, -0.2) is 43.7 Å². The van der Waals surface area contributed by atoms with E-state index in [1.54, 1.807) is 11.3 Å². The van der Waals surface area contributed by atoms with Crippen molar-refractivity contribution in [3.63, 3.8) is 0 Å². The molecule has 0 aliphatic carbocycles. The number of amides is 1. The highest BCUT2D eigenvalue weighted by Gasteiger charge is 2.26. The number of rotatable bonds is 4. The second-order valence-corrected chi connectivity index (χ2v) is 7.12. The Balaban J connectivity index is 2.02. The summed E-state index contributed by atoms with van der Waals surface area (Å²) in [5, 5.41) is 5.19. The van der Waals surface area contributed by atoms with Crippen LogP contribution in [0.3, 0.4) is 0 Å². The number of thiophene rings is 1. The zero-order valence-corrected chi connectivity index (χ0v) is 13.3. The Morgan fingerprint density at radius 3 is 2.70 bits per heavy atom. The molecule has 1 aliphatic heterocycles. The van der Waals surface area contributed by atoms with Crippen molar-refractivity contribution in [3.8, 4) is 0 Å². The highest BCUT2D eigenvalue weighted by molar-refractivity contribution is 7.10. The van der Waals surface area contributed by atoms with Crippen LogP contribution in [0.15, 0.2) is 17.5 Å². The average Bonchev–Trinajstić information content (AvgIpc) is 2.93. The minimum absolute atomic E-state index is 0.104. The van der Waals surface area contributed by atoms with Crippen LogP contribution < -0.4 is 5.32 Å². The molecule has 1 saturated heterocycles. The molecule has 112 valence electrons. The second-order valence-electron chi connectivity index (χ2n) is 6.14. The highest BCUT2D eigenvalue weighted by Crippen LogP contribution is 2.25. The molecule has 5 heteroatoms. The van der Waals surface area contributed by atoms with Crippen molar-refractivity contribution in [2.45, 2.75) is 26.8 Å². The van der Waals surface area contributed by atoms with E-state index in [0.29, 0.717) is 6.54 Å². The van der Waals surface area contributed by atoms with Crippen molar-refractivity contribution in [3.05, 3.63) is 22.4 Å². The van der Waals surface area contributed by atoms with Gasteiger partial charge in [-0.15, -0.1) is 11.3 Å². The average molecular weight is 296 g/mol. The zero-order chi connectivity index (χ0) is 14.6. The molecular weight excluding hydrogens is 272 g/mol. The number of hydrogen-bond donors (Lipinski definition) is 1. The number of morpholine rings is 1. The Morgan fingerprint density at radius 1 is 1.45 bits per heavy atom. The van der Waals surface area contributed by atoms with E-state index in [2.05, 4.69) is 27.7 Å². The van der Waals surface area contributed by atoms with Crippen LogP contribution >= 0.6 is 11.3 Å². The molecule has 1 aliphatic rings. The first kappa shape index (κ1) is 15.5. The van der Waals surface area contributed by atoms with Crippen molar-refractivity contribution in [1.82, 2.24) is 10.2 Å². The minimum Gasteiger partial charge on any atom is -0.379 e. The maximum atomic E-state index is 12.1. The van der Waals surface area contributed by atoms with Gasteiger partial charge >= 0.3 is 0 Å². The topological polar surface area (TPSA) is 41.6 Å². The minimum atomic E-state index is -0.342. The van der Waals surface area contributed by atoms with Gasteiger partial charge < -0.3 is 10.1 Å². The van der Waals surface area contributed by atoms with Gasteiger partial charge in [-0.1, -0.05) is 26.8 Å². The summed E-state index contributed by atoms with van der Waals surface area (Å²) in [4.78, 5) is 15.8. The van der Waals surface area contributed by atoms with Crippen LogP contribution in [0.2, 0.25) is 0 Å². The third kappa shape index (κ3) is 4.04. The molecule has 1 amide bonds. The van der Waals surface area contributed by atoms with Gasteiger partial charge in [-0.2, -0.15) is 0 Å². The molecule has 0 radical (unpaired) electrons. The molecular formula is C15H24N2O2S. The van der Waals surface area contributed by atoms with Crippen molar-refractivity contribution in [2.24, 2.45) is 5.41 Å². The van der Waals surface area contributed by atoms with Crippen molar-refractivity contribution >= 4 is 17.2 Å². The Morgan fingerprint density at radius 2 is 2.15 bits per heavy atom. The first-order valence-corrected chi connectivity index (χ1v) is 8.00. The zero-order valence-electron chi connectivity index (χ0n) is 12.5. The Bertz CT molecular complexity index is 420. The molecule has 0 bridgehead atoms. The summed E-state index contributed by atoms with van der Waals surface area (Å²) in [5.41, 5.74) is -0.342. The molecule has 0 aromatic carbocycles. The molecule has 1 atom stereocenters. The quantitative estimate of drug-likeness (QED) is 0.927. The van der Waals surface area contributed by atoms with Gasteiger partial charge in [0.1, 0.15) is 0 Å². The largest absolute Gasteiger partial charge is 0.379 e. The van der Waals surface area contributed by atoms with Gasteiger partial charge in [-0.25, -0.2) is 0 Å². The van der Waals surface area contributed by atoms with E-state index in [4.69, 9.17) is 4.74 Å². The molecule has 0 spiro atoms. The number of ether oxygens (including phenoxy) is 1. The fourth-order valence-corrected chi connectivity index (χ4v) is 3.10. The molecule has 1 fully saturated rings. The molecule has 4 nitrogen and oxygen atoms in total. The van der Waals surface area contributed by atoms with Crippen molar-refractivity contribution in [1.29, 1.82) is 0 Å². The Hall–Kier alpha value is -0.910. The number of hydrogen-bond acceptors (Lipinski definition) is 4. The summed E-state index contributed by atoms with van der Waals surface area (Å²) in [6.07, 6.45) is 0. The Kier molecular flexibility index (Phi) is 5.18. The molecule has 2 heterocycles. The van der Waals surface area contributed by atoms with Crippen LogP contribution in [-0.2, 0) is 9.53 Å². The first-order chi connectivity index (χ1) is 9.48. The molecule has 1 aromatic rings. The van der Waals surface area contributed by atoms with Gasteiger partial charge in [-0.3, -0.25) is 9.69 Å². The van der Waals surface area contributed by atoms with Gasteiger partial charge in [-0.05, 0) is 11.4 Å². The van der Waals surface area contributed by atoms with Crippen LogP contribution in [0.1, 0.15) is 31.7 Å². The van der Waals surface area contributed by atoms with Crippen LogP contribution in [0.25, 0.3) is 0 Å². The second kappa shape index (κ2) is 6.70. The lowest BCUT2D eigenvalue weighted by molar-refractivity contribution is -0.128. The lowest BCUT2D eigenvalue weighted by atomic mass is 9.95. The molecule has 2 rings (SSSR count). The molecule has 1 N–H and O–H groups in total. The molecule has 0 unspecified atom stereocenters. The summed E-state index contributed by atoms with van der Waals surface area (Å²) < 4.78 is 5.42. The SMILES string of the molecule is CC(C)(C)C(=O)NC[C@@H](c1cccs1)N1CCOCC1. The third-order valence-corrected chi connectivity index (χ3v) is 4.47. The van der Waals surface area contributed by atoms with E-state index in [1.165, 1.54) is 4.88 Å². The maximum Gasteiger partial charge on any atom is 0.225 e. The van der Waals surface area contributed by atoms with Gasteiger partial charge in [0.15, 0.2) is 0 Å². The van der Waals surface area contributed by atoms with Gasteiger partial charge in [0.25, 0.3) is 0 Å². The van der Waals surface area contributed by atoms with E-state index in [0.717, 1.165) is 26.3 Å². The van der Waals surface area contributed by atoms with Crippen LogP contribution in [0, 0.1) is 5.41 Å². The lowest BCUT2D eigenvalue weighted by Gasteiger charge is -2.34. The molecule has 1 aromatic heterocycles. The van der Waals surface area contributed by atoms with Crippen molar-refractivity contribution < 1.29 is 9.53 Å². The van der Waals surface area contributed by atoms with Crippen molar-refractivity contribution in [2.75, 3.05) is 32.8 Å². The monoisotopic (exact) mass is 296 g/mol. The summed E-state index contributed by atoms with van der Waals surface area (Å²) >= 11 is 1.75. The predicted molar refractivity (Wildman–Crippen MR) is 81.9 cm³/mol. The lowest BCUT2D eigenvalue weighted by Crippen LogP contribution is -2.45. The molecule has 0 saturated carbocycles. The maximum absolute atomic E-state index is 12.1.